The van der Waals surface area contributed by atoms with Crippen molar-refractivity contribution < 1.29 is 23.1 Å². The number of ketones is 1. The number of Topliss-reactive ketones (excluding diaryl/α,β-unsaturated/α-hetero) is 1. The van der Waals surface area contributed by atoms with Crippen molar-refractivity contribution in [3.63, 3.8) is 0 Å². The normalized spacial score (nSPS) is 14.9. The monoisotopic (exact) mass is 374 g/mol. The van der Waals surface area contributed by atoms with E-state index in [0.29, 0.717) is 43.9 Å². The summed E-state index contributed by atoms with van der Waals surface area (Å²) in [6, 6.07) is 6.33. The summed E-state index contributed by atoms with van der Waals surface area (Å²) in [6.45, 7) is 3.17. The molecule has 7 heteroatoms. The molecule has 1 fully saturated rings. The summed E-state index contributed by atoms with van der Waals surface area (Å²) in [5.41, 5.74) is 0.192. The minimum absolute atomic E-state index is 0.189. The smallest absolute Gasteiger partial charge is 0.339 e. The van der Waals surface area contributed by atoms with Gasteiger partial charge in [-0.1, -0.05) is 0 Å². The Balaban J connectivity index is 1.62. The van der Waals surface area contributed by atoms with E-state index in [4.69, 9.17) is 4.74 Å². The summed E-state index contributed by atoms with van der Waals surface area (Å²) in [7, 11) is 0. The molecule has 2 aromatic rings. The van der Waals surface area contributed by atoms with E-state index in [0.717, 1.165) is 18.2 Å². The number of pyridine rings is 1. The Morgan fingerprint density at radius 1 is 1.19 bits per heavy atom. The fourth-order valence-corrected chi connectivity index (χ4v) is 3.19. The third kappa shape index (κ3) is 4.30. The van der Waals surface area contributed by atoms with Crippen LogP contribution in [-0.4, -0.2) is 36.4 Å². The van der Waals surface area contributed by atoms with Crippen LogP contribution < -0.4 is 4.90 Å². The number of hydrogen-bond acceptors (Lipinski definition) is 5. The van der Waals surface area contributed by atoms with Crippen LogP contribution in [0.25, 0.3) is 0 Å². The topological polar surface area (TPSA) is 59.5 Å². The second-order valence-corrected chi connectivity index (χ2v) is 6.38. The van der Waals surface area contributed by atoms with Crippen LogP contribution in [0.4, 0.5) is 14.6 Å². The predicted molar refractivity (Wildman–Crippen MR) is 95.8 cm³/mol. The molecule has 27 heavy (non-hydrogen) atoms. The Hall–Kier alpha value is -2.83. The van der Waals surface area contributed by atoms with Crippen molar-refractivity contribution in [2.75, 3.05) is 24.6 Å². The lowest BCUT2D eigenvalue weighted by atomic mass is 9.88. The van der Waals surface area contributed by atoms with Crippen LogP contribution in [0.2, 0.25) is 0 Å². The van der Waals surface area contributed by atoms with Gasteiger partial charge in [0, 0.05) is 25.2 Å². The zero-order valence-electron chi connectivity index (χ0n) is 15.0. The molecule has 0 aliphatic carbocycles. The Morgan fingerprint density at radius 2 is 1.93 bits per heavy atom. The maximum Gasteiger partial charge on any atom is 0.339 e. The summed E-state index contributed by atoms with van der Waals surface area (Å²) in [5.74, 6) is -1.75. The lowest BCUT2D eigenvalue weighted by molar-refractivity contribution is 0.0525. The number of esters is 1. The number of anilines is 1. The number of halogens is 2. The third-order valence-corrected chi connectivity index (χ3v) is 4.64. The number of rotatable bonds is 5. The highest BCUT2D eigenvalue weighted by atomic mass is 19.1. The molecule has 0 N–H and O–H groups in total. The maximum absolute atomic E-state index is 13.8. The fraction of sp³-hybridized carbons (Fsp3) is 0.350. The molecule has 0 bridgehead atoms. The van der Waals surface area contributed by atoms with Crippen LogP contribution in [0.3, 0.4) is 0 Å². The Bertz CT molecular complexity index is 832. The van der Waals surface area contributed by atoms with E-state index in [9.17, 15) is 18.4 Å². The highest BCUT2D eigenvalue weighted by Gasteiger charge is 2.28. The molecule has 1 aromatic heterocycles. The SMILES string of the molecule is CCOC(=O)c1ccc(N2CCC(C(=O)c3cc(F)ccc3F)CC2)nc1. The van der Waals surface area contributed by atoms with Gasteiger partial charge in [-0.15, -0.1) is 0 Å². The molecule has 2 heterocycles. The lowest BCUT2D eigenvalue weighted by Crippen LogP contribution is -2.37. The molecule has 0 atom stereocenters. The van der Waals surface area contributed by atoms with Crippen LogP contribution in [0.15, 0.2) is 36.5 Å². The van der Waals surface area contributed by atoms with Crippen molar-refractivity contribution in [3.05, 3.63) is 59.3 Å². The second-order valence-electron chi connectivity index (χ2n) is 6.38. The molecule has 1 aromatic carbocycles. The highest BCUT2D eigenvalue weighted by Crippen LogP contribution is 2.26. The van der Waals surface area contributed by atoms with E-state index in [1.54, 1.807) is 19.1 Å². The molecule has 0 amide bonds. The molecule has 1 saturated heterocycles. The van der Waals surface area contributed by atoms with E-state index in [2.05, 4.69) is 4.98 Å². The molecular weight excluding hydrogens is 354 g/mol. The van der Waals surface area contributed by atoms with Crippen molar-refractivity contribution in [1.82, 2.24) is 4.98 Å². The van der Waals surface area contributed by atoms with Gasteiger partial charge < -0.3 is 9.64 Å². The molecule has 3 rings (SSSR count). The molecule has 142 valence electrons. The van der Waals surface area contributed by atoms with Gasteiger partial charge in [0.05, 0.1) is 17.7 Å². The van der Waals surface area contributed by atoms with E-state index in [1.807, 2.05) is 4.90 Å². The van der Waals surface area contributed by atoms with Crippen molar-refractivity contribution >= 4 is 17.6 Å². The Kier molecular flexibility index (Phi) is 5.78. The number of hydrogen-bond donors (Lipinski definition) is 0. The van der Waals surface area contributed by atoms with E-state index < -0.39 is 17.6 Å². The standard InChI is InChI=1S/C20H20F2N2O3/c1-2-27-20(26)14-3-6-18(23-12-14)24-9-7-13(8-10-24)19(25)16-11-15(21)4-5-17(16)22/h3-6,11-13H,2,7-10H2,1H3. The van der Waals surface area contributed by atoms with Gasteiger partial charge in [0.1, 0.15) is 17.5 Å². The molecular formula is C20H20F2N2O3. The van der Waals surface area contributed by atoms with Crippen LogP contribution >= 0.6 is 0 Å². The van der Waals surface area contributed by atoms with Gasteiger partial charge in [-0.3, -0.25) is 4.79 Å². The molecule has 1 aliphatic rings. The number of aromatic nitrogens is 1. The van der Waals surface area contributed by atoms with Gasteiger partial charge in [-0.2, -0.15) is 0 Å². The summed E-state index contributed by atoms with van der Waals surface area (Å²) >= 11 is 0. The van der Waals surface area contributed by atoms with Crippen LogP contribution in [-0.2, 0) is 4.74 Å². The van der Waals surface area contributed by atoms with Gasteiger partial charge in [-0.25, -0.2) is 18.6 Å². The molecule has 0 saturated carbocycles. The highest BCUT2D eigenvalue weighted by molar-refractivity contribution is 5.98. The first-order valence-corrected chi connectivity index (χ1v) is 8.87. The largest absolute Gasteiger partial charge is 0.462 e. The van der Waals surface area contributed by atoms with Crippen molar-refractivity contribution in [2.45, 2.75) is 19.8 Å². The average Bonchev–Trinajstić information content (AvgIpc) is 2.70. The summed E-state index contributed by atoms with van der Waals surface area (Å²) in [6.07, 6.45) is 2.51. The van der Waals surface area contributed by atoms with Crippen molar-refractivity contribution in [1.29, 1.82) is 0 Å². The van der Waals surface area contributed by atoms with E-state index >= 15 is 0 Å². The zero-order chi connectivity index (χ0) is 19.4. The molecule has 0 spiro atoms. The zero-order valence-corrected chi connectivity index (χ0v) is 15.0. The summed E-state index contributed by atoms with van der Waals surface area (Å²) in [5, 5.41) is 0. The van der Waals surface area contributed by atoms with E-state index in [-0.39, 0.29) is 17.3 Å². The number of nitrogens with zero attached hydrogens (tertiary/aromatic N) is 2. The number of carbonyl (C=O) groups is 2. The van der Waals surface area contributed by atoms with Gasteiger partial charge in [0.25, 0.3) is 0 Å². The van der Waals surface area contributed by atoms with Crippen LogP contribution in [0.5, 0.6) is 0 Å². The molecule has 5 nitrogen and oxygen atoms in total. The Labute approximate surface area is 156 Å². The first-order chi connectivity index (χ1) is 13.0. The number of benzene rings is 1. The van der Waals surface area contributed by atoms with Crippen LogP contribution in [0, 0.1) is 17.6 Å². The van der Waals surface area contributed by atoms with Gasteiger partial charge >= 0.3 is 5.97 Å². The number of ether oxygens (including phenoxy) is 1. The van der Waals surface area contributed by atoms with E-state index in [1.165, 1.54) is 6.20 Å². The first-order valence-electron chi connectivity index (χ1n) is 8.87. The van der Waals surface area contributed by atoms with Gasteiger partial charge in [0.15, 0.2) is 5.78 Å². The Morgan fingerprint density at radius 3 is 2.56 bits per heavy atom. The fourth-order valence-electron chi connectivity index (χ4n) is 3.19. The van der Waals surface area contributed by atoms with Gasteiger partial charge in [-0.05, 0) is 50.1 Å². The minimum Gasteiger partial charge on any atom is -0.462 e. The third-order valence-electron chi connectivity index (χ3n) is 4.64. The average molecular weight is 374 g/mol. The maximum atomic E-state index is 13.8. The first kappa shape index (κ1) is 18.9. The summed E-state index contributed by atoms with van der Waals surface area (Å²) < 4.78 is 32.1. The molecule has 0 unspecified atom stereocenters. The van der Waals surface area contributed by atoms with Crippen molar-refractivity contribution in [2.24, 2.45) is 5.92 Å². The minimum atomic E-state index is -0.694. The summed E-state index contributed by atoms with van der Waals surface area (Å²) in [4.78, 5) is 30.5. The predicted octanol–water partition coefficient (Wildman–Crippen LogP) is 3.64. The molecule has 0 radical (unpaired) electrons. The number of piperidine rings is 1. The number of carbonyl (C=O) groups excluding carboxylic acids is 2. The van der Waals surface area contributed by atoms with Crippen molar-refractivity contribution in [3.8, 4) is 0 Å². The second kappa shape index (κ2) is 8.24. The van der Waals surface area contributed by atoms with Crippen LogP contribution in [0.1, 0.15) is 40.5 Å². The quantitative estimate of drug-likeness (QED) is 0.591. The molecule has 1 aliphatic heterocycles. The lowest BCUT2D eigenvalue weighted by Gasteiger charge is -2.32. The van der Waals surface area contributed by atoms with Gasteiger partial charge in [0.2, 0.25) is 0 Å².